The van der Waals surface area contributed by atoms with Gasteiger partial charge in [-0.05, 0) is 51.9 Å². The van der Waals surface area contributed by atoms with E-state index in [0.29, 0.717) is 25.6 Å². The summed E-state index contributed by atoms with van der Waals surface area (Å²) in [4.78, 5) is 12.5. The predicted octanol–water partition coefficient (Wildman–Crippen LogP) is 4.20. The molecule has 5 heteroatoms. The van der Waals surface area contributed by atoms with E-state index in [1.54, 1.807) is 6.07 Å². The fraction of sp³-hybridized carbons (Fsp3) is 0.150. The van der Waals surface area contributed by atoms with Crippen molar-refractivity contribution in [2.24, 2.45) is 0 Å². The average molecular weight is 446 g/mol. The van der Waals surface area contributed by atoms with E-state index < -0.39 is 0 Å². The highest BCUT2D eigenvalue weighted by Gasteiger charge is 2.11. The van der Waals surface area contributed by atoms with E-state index in [1.807, 2.05) is 71.4 Å². The number of nitrogens with one attached hydrogen (secondary N) is 1. The van der Waals surface area contributed by atoms with Crippen LogP contribution in [0.4, 0.5) is 0 Å². The average Bonchev–Trinajstić information content (AvgIpc) is 3.10. The standard InChI is InChI=1S/C20H19IN2O2/c21-18-10-5-4-9-17(18)13-22-20(24)19-11-6-12-23(19)15-25-14-16-7-2-1-3-8-16/h1-12H,13-15H2,(H,22,24). The zero-order valence-corrected chi connectivity index (χ0v) is 15.8. The van der Waals surface area contributed by atoms with Crippen molar-refractivity contribution in [3.8, 4) is 0 Å². The van der Waals surface area contributed by atoms with Crippen LogP contribution in [0.15, 0.2) is 72.9 Å². The van der Waals surface area contributed by atoms with Crippen LogP contribution in [0.3, 0.4) is 0 Å². The molecule has 0 radical (unpaired) electrons. The predicted molar refractivity (Wildman–Crippen MR) is 106 cm³/mol. The molecule has 4 nitrogen and oxygen atoms in total. The van der Waals surface area contributed by atoms with E-state index in [-0.39, 0.29) is 5.91 Å². The lowest BCUT2D eigenvalue weighted by Crippen LogP contribution is -2.26. The van der Waals surface area contributed by atoms with Crippen molar-refractivity contribution >= 4 is 28.5 Å². The van der Waals surface area contributed by atoms with Gasteiger partial charge in [0.15, 0.2) is 0 Å². The van der Waals surface area contributed by atoms with E-state index in [2.05, 4.69) is 27.9 Å². The number of amides is 1. The molecular formula is C20H19IN2O2. The Hall–Kier alpha value is -2.12. The third-order valence-corrected chi connectivity index (χ3v) is 4.85. The zero-order chi connectivity index (χ0) is 17.5. The van der Waals surface area contributed by atoms with Crippen LogP contribution in [0.5, 0.6) is 0 Å². The molecular weight excluding hydrogens is 427 g/mol. The third-order valence-electron chi connectivity index (χ3n) is 3.80. The summed E-state index contributed by atoms with van der Waals surface area (Å²) in [6.45, 7) is 1.36. The third kappa shape index (κ3) is 4.93. The molecule has 128 valence electrons. The van der Waals surface area contributed by atoms with Crippen molar-refractivity contribution in [1.29, 1.82) is 0 Å². The van der Waals surface area contributed by atoms with Crippen molar-refractivity contribution in [3.63, 3.8) is 0 Å². The number of benzene rings is 2. The fourth-order valence-electron chi connectivity index (χ4n) is 2.48. The molecule has 3 aromatic rings. The minimum absolute atomic E-state index is 0.104. The molecule has 1 heterocycles. The van der Waals surface area contributed by atoms with E-state index in [1.165, 1.54) is 0 Å². The van der Waals surface area contributed by atoms with Crippen molar-refractivity contribution < 1.29 is 9.53 Å². The summed E-state index contributed by atoms with van der Waals surface area (Å²) in [5, 5.41) is 2.97. The summed E-state index contributed by atoms with van der Waals surface area (Å²) < 4.78 is 8.67. The number of hydrogen-bond donors (Lipinski definition) is 1. The SMILES string of the molecule is O=C(NCc1ccccc1I)c1cccn1COCc1ccccc1. The first kappa shape index (κ1) is 17.7. The Kier molecular flexibility index (Phi) is 6.25. The molecule has 2 aromatic carbocycles. The summed E-state index contributed by atoms with van der Waals surface area (Å²) in [6.07, 6.45) is 1.85. The number of hydrogen-bond acceptors (Lipinski definition) is 2. The van der Waals surface area contributed by atoms with Gasteiger partial charge in [0.2, 0.25) is 0 Å². The summed E-state index contributed by atoms with van der Waals surface area (Å²) >= 11 is 2.27. The van der Waals surface area contributed by atoms with Gasteiger partial charge in [0.05, 0.1) is 6.61 Å². The lowest BCUT2D eigenvalue weighted by Gasteiger charge is -2.11. The van der Waals surface area contributed by atoms with Crippen LogP contribution in [-0.4, -0.2) is 10.5 Å². The molecule has 0 saturated heterocycles. The Morgan fingerprint density at radius 2 is 1.76 bits per heavy atom. The Morgan fingerprint density at radius 3 is 2.56 bits per heavy atom. The molecule has 0 fully saturated rings. The molecule has 1 aromatic heterocycles. The highest BCUT2D eigenvalue weighted by atomic mass is 127. The molecule has 0 aliphatic carbocycles. The van der Waals surface area contributed by atoms with Crippen LogP contribution < -0.4 is 5.32 Å². The van der Waals surface area contributed by atoms with Gasteiger partial charge >= 0.3 is 0 Å². The molecule has 0 aliphatic rings. The fourth-order valence-corrected chi connectivity index (χ4v) is 3.05. The number of ether oxygens (including phenoxy) is 1. The Balaban J connectivity index is 1.55. The minimum atomic E-state index is -0.104. The molecule has 0 unspecified atom stereocenters. The van der Waals surface area contributed by atoms with E-state index in [0.717, 1.165) is 14.7 Å². The molecule has 25 heavy (non-hydrogen) atoms. The number of halogens is 1. The summed E-state index contributed by atoms with van der Waals surface area (Å²) in [5.74, 6) is -0.104. The van der Waals surface area contributed by atoms with Crippen LogP contribution in [0.1, 0.15) is 21.6 Å². The summed E-state index contributed by atoms with van der Waals surface area (Å²) in [5.41, 5.74) is 2.81. The Labute approximate surface area is 161 Å². The van der Waals surface area contributed by atoms with Gasteiger partial charge < -0.3 is 14.6 Å². The van der Waals surface area contributed by atoms with E-state index >= 15 is 0 Å². The van der Waals surface area contributed by atoms with Crippen LogP contribution in [0.25, 0.3) is 0 Å². The van der Waals surface area contributed by atoms with Crippen LogP contribution in [0, 0.1) is 3.57 Å². The van der Waals surface area contributed by atoms with Crippen molar-refractivity contribution in [1.82, 2.24) is 9.88 Å². The maximum absolute atomic E-state index is 12.5. The van der Waals surface area contributed by atoms with Crippen molar-refractivity contribution in [2.75, 3.05) is 0 Å². The number of rotatable bonds is 7. The normalized spacial score (nSPS) is 10.6. The first-order valence-corrected chi connectivity index (χ1v) is 9.10. The number of carbonyl (C=O) groups is 1. The van der Waals surface area contributed by atoms with Gasteiger partial charge in [-0.1, -0.05) is 48.5 Å². The second kappa shape index (κ2) is 8.82. The molecule has 0 atom stereocenters. The number of aromatic nitrogens is 1. The first-order valence-electron chi connectivity index (χ1n) is 8.02. The maximum Gasteiger partial charge on any atom is 0.268 e. The van der Waals surface area contributed by atoms with E-state index in [9.17, 15) is 4.79 Å². The Morgan fingerprint density at radius 1 is 1.00 bits per heavy atom. The molecule has 0 saturated carbocycles. The maximum atomic E-state index is 12.5. The Bertz CT molecular complexity index is 830. The molecule has 0 spiro atoms. The van der Waals surface area contributed by atoms with Gasteiger partial charge in [-0.15, -0.1) is 0 Å². The monoisotopic (exact) mass is 446 g/mol. The van der Waals surface area contributed by atoms with Crippen molar-refractivity contribution in [2.45, 2.75) is 19.9 Å². The quantitative estimate of drug-likeness (QED) is 0.553. The number of nitrogens with zero attached hydrogens (tertiary/aromatic N) is 1. The highest BCUT2D eigenvalue weighted by molar-refractivity contribution is 14.1. The molecule has 0 bridgehead atoms. The number of carbonyl (C=O) groups excluding carboxylic acids is 1. The van der Waals surface area contributed by atoms with Gasteiger partial charge in [-0.2, -0.15) is 0 Å². The summed E-state index contributed by atoms with van der Waals surface area (Å²) in [6, 6.07) is 21.7. The van der Waals surface area contributed by atoms with Gasteiger partial charge in [-0.25, -0.2) is 0 Å². The van der Waals surface area contributed by atoms with Gasteiger partial charge in [0.1, 0.15) is 12.4 Å². The van der Waals surface area contributed by atoms with Gasteiger partial charge in [0, 0.05) is 16.3 Å². The van der Waals surface area contributed by atoms with Crippen LogP contribution >= 0.6 is 22.6 Å². The second-order valence-corrected chi connectivity index (χ2v) is 6.76. The first-order chi connectivity index (χ1) is 12.2. The second-order valence-electron chi connectivity index (χ2n) is 5.60. The lowest BCUT2D eigenvalue weighted by atomic mass is 10.2. The highest BCUT2D eigenvalue weighted by Crippen LogP contribution is 2.11. The molecule has 1 amide bonds. The largest absolute Gasteiger partial charge is 0.356 e. The van der Waals surface area contributed by atoms with Crippen LogP contribution in [0.2, 0.25) is 0 Å². The van der Waals surface area contributed by atoms with Crippen LogP contribution in [-0.2, 0) is 24.6 Å². The molecule has 1 N–H and O–H groups in total. The lowest BCUT2D eigenvalue weighted by molar-refractivity contribution is 0.0606. The molecule has 3 rings (SSSR count). The van der Waals surface area contributed by atoms with Crippen molar-refractivity contribution in [3.05, 3.63) is 93.3 Å². The molecule has 0 aliphatic heterocycles. The van der Waals surface area contributed by atoms with E-state index in [4.69, 9.17) is 4.74 Å². The topological polar surface area (TPSA) is 43.3 Å². The zero-order valence-electron chi connectivity index (χ0n) is 13.7. The summed E-state index contributed by atoms with van der Waals surface area (Å²) in [7, 11) is 0. The minimum Gasteiger partial charge on any atom is -0.356 e. The van der Waals surface area contributed by atoms with Gasteiger partial charge in [0.25, 0.3) is 5.91 Å². The van der Waals surface area contributed by atoms with Gasteiger partial charge in [-0.3, -0.25) is 4.79 Å². The smallest absolute Gasteiger partial charge is 0.268 e.